The summed E-state index contributed by atoms with van der Waals surface area (Å²) in [7, 11) is 0. The Labute approximate surface area is 60.6 Å². The van der Waals surface area contributed by atoms with Crippen molar-refractivity contribution in [2.45, 2.75) is 26.2 Å². The molecule has 0 fully saturated rings. The number of hydrogen-bond donors (Lipinski definition) is 1. The third kappa shape index (κ3) is 10.8. The van der Waals surface area contributed by atoms with Gasteiger partial charge in [-0.25, -0.2) is 0 Å². The normalized spacial score (nSPS) is 7.71. The second-order valence-corrected chi connectivity index (χ2v) is 1.43. The van der Waals surface area contributed by atoms with Crippen LogP contribution in [0.15, 0.2) is 0 Å². The first-order valence-electron chi connectivity index (χ1n) is 2.52. The average Bonchev–Trinajstić information content (AvgIpc) is 1.61. The molecule has 0 atom stereocenters. The van der Waals surface area contributed by atoms with Crippen LogP contribution in [0.3, 0.4) is 0 Å². The zero-order valence-corrected chi connectivity index (χ0v) is 6.74. The van der Waals surface area contributed by atoms with Crippen LogP contribution in [0.1, 0.15) is 26.2 Å². The van der Waals surface area contributed by atoms with Gasteiger partial charge >= 0.3 is 0 Å². The first-order valence-corrected chi connectivity index (χ1v) is 2.52. The number of aliphatic hydroxyl groups is 1. The molecule has 0 aromatic carbocycles. The van der Waals surface area contributed by atoms with Gasteiger partial charge in [-0.15, -0.1) is 0 Å². The first kappa shape index (κ1) is 10.6. The van der Waals surface area contributed by atoms with Crippen molar-refractivity contribution in [2.75, 3.05) is 6.61 Å². The topological polar surface area (TPSA) is 20.2 Å². The molecule has 7 heavy (non-hydrogen) atoms. The summed E-state index contributed by atoms with van der Waals surface area (Å²) in [5.74, 6) is 0. The molecule has 0 spiro atoms. The molecule has 1 nitrogen and oxygen atoms in total. The van der Waals surface area contributed by atoms with E-state index in [1.165, 1.54) is 6.42 Å². The summed E-state index contributed by atoms with van der Waals surface area (Å²) < 4.78 is 0. The SMILES string of the molecule is CCCCCO.[Au]. The number of aliphatic hydroxyl groups excluding tert-OH is 1. The Bertz CT molecular complexity index is 20.0. The first-order chi connectivity index (χ1) is 2.91. The van der Waals surface area contributed by atoms with E-state index in [0.717, 1.165) is 12.8 Å². The summed E-state index contributed by atoms with van der Waals surface area (Å²) in [5.41, 5.74) is 0. The Morgan fingerprint density at radius 1 is 1.29 bits per heavy atom. The van der Waals surface area contributed by atoms with E-state index in [1.807, 2.05) is 0 Å². The molecule has 0 aromatic heterocycles. The minimum atomic E-state index is 0. The molecule has 49 valence electrons. The van der Waals surface area contributed by atoms with E-state index < -0.39 is 0 Å². The third-order valence-electron chi connectivity index (χ3n) is 0.762. The van der Waals surface area contributed by atoms with E-state index in [9.17, 15) is 0 Å². The van der Waals surface area contributed by atoms with Crippen molar-refractivity contribution in [3.63, 3.8) is 0 Å². The van der Waals surface area contributed by atoms with Crippen molar-refractivity contribution < 1.29 is 27.5 Å². The molecule has 1 N–H and O–H groups in total. The molecule has 0 heterocycles. The second kappa shape index (κ2) is 9.85. The van der Waals surface area contributed by atoms with Crippen LogP contribution in [0.4, 0.5) is 0 Å². The van der Waals surface area contributed by atoms with Gasteiger partial charge in [0.05, 0.1) is 0 Å². The van der Waals surface area contributed by atoms with Gasteiger partial charge < -0.3 is 5.11 Å². The molecule has 0 saturated carbocycles. The van der Waals surface area contributed by atoms with Gasteiger partial charge in [0.25, 0.3) is 0 Å². The van der Waals surface area contributed by atoms with E-state index in [0.29, 0.717) is 6.61 Å². The van der Waals surface area contributed by atoms with Gasteiger partial charge in [0.1, 0.15) is 0 Å². The maximum atomic E-state index is 8.20. The van der Waals surface area contributed by atoms with Crippen molar-refractivity contribution in [1.82, 2.24) is 0 Å². The standard InChI is InChI=1S/C5H12O.Au/c1-2-3-4-5-6;/h6H,2-5H2,1H3;. The fourth-order valence-electron chi connectivity index (χ4n) is 0.362. The second-order valence-electron chi connectivity index (χ2n) is 1.43. The van der Waals surface area contributed by atoms with Crippen molar-refractivity contribution >= 4 is 0 Å². The molecule has 0 aromatic rings. The van der Waals surface area contributed by atoms with Crippen molar-refractivity contribution in [3.8, 4) is 0 Å². The Kier molecular flexibility index (Phi) is 15.0. The molecule has 0 bridgehead atoms. The molecule has 0 aliphatic rings. The maximum absolute atomic E-state index is 8.20. The minimum absolute atomic E-state index is 0. The fraction of sp³-hybridized carbons (Fsp3) is 1.00. The maximum Gasteiger partial charge on any atom is 0.0431 e. The summed E-state index contributed by atoms with van der Waals surface area (Å²) in [6.45, 7) is 2.48. The van der Waals surface area contributed by atoms with Crippen LogP contribution < -0.4 is 0 Å². The van der Waals surface area contributed by atoms with Gasteiger partial charge in [-0.1, -0.05) is 19.8 Å². The molecule has 1 radical (unpaired) electrons. The van der Waals surface area contributed by atoms with E-state index in [-0.39, 0.29) is 22.4 Å². The van der Waals surface area contributed by atoms with E-state index in [2.05, 4.69) is 6.92 Å². The fourth-order valence-corrected chi connectivity index (χ4v) is 0.362. The van der Waals surface area contributed by atoms with E-state index in [4.69, 9.17) is 5.11 Å². The Morgan fingerprint density at radius 2 is 1.86 bits per heavy atom. The van der Waals surface area contributed by atoms with Gasteiger partial charge in [0.2, 0.25) is 0 Å². The molecule has 0 saturated heterocycles. The Balaban J connectivity index is 0. The molecule has 0 amide bonds. The van der Waals surface area contributed by atoms with Gasteiger partial charge in [-0.2, -0.15) is 0 Å². The van der Waals surface area contributed by atoms with Crippen molar-refractivity contribution in [1.29, 1.82) is 0 Å². The van der Waals surface area contributed by atoms with Crippen LogP contribution in [0.25, 0.3) is 0 Å². The van der Waals surface area contributed by atoms with Gasteiger partial charge in [-0.05, 0) is 6.42 Å². The molecule has 0 rings (SSSR count). The monoisotopic (exact) mass is 285 g/mol. The smallest absolute Gasteiger partial charge is 0.0431 e. The number of rotatable bonds is 3. The van der Waals surface area contributed by atoms with Crippen LogP contribution >= 0.6 is 0 Å². The van der Waals surface area contributed by atoms with Crippen LogP contribution in [0.2, 0.25) is 0 Å². The van der Waals surface area contributed by atoms with Crippen LogP contribution in [0, 0.1) is 0 Å². The summed E-state index contributed by atoms with van der Waals surface area (Å²) >= 11 is 0. The third-order valence-corrected chi connectivity index (χ3v) is 0.762. The number of hydrogen-bond acceptors (Lipinski definition) is 1. The van der Waals surface area contributed by atoms with Gasteiger partial charge in [0.15, 0.2) is 0 Å². The van der Waals surface area contributed by atoms with Gasteiger partial charge in [0, 0.05) is 29.0 Å². The molecule has 2 heteroatoms. The van der Waals surface area contributed by atoms with Crippen molar-refractivity contribution in [2.24, 2.45) is 0 Å². The average molecular weight is 285 g/mol. The zero-order valence-electron chi connectivity index (χ0n) is 4.58. The van der Waals surface area contributed by atoms with Crippen molar-refractivity contribution in [3.05, 3.63) is 0 Å². The van der Waals surface area contributed by atoms with E-state index in [1.54, 1.807) is 0 Å². The summed E-state index contributed by atoms with van der Waals surface area (Å²) in [6.07, 6.45) is 3.33. The Morgan fingerprint density at radius 3 is 2.00 bits per heavy atom. The molecule has 0 aliphatic carbocycles. The predicted molar refractivity (Wildman–Crippen MR) is 26.6 cm³/mol. The zero-order chi connectivity index (χ0) is 4.83. The molecular formula is C5H12AuO. The van der Waals surface area contributed by atoms with E-state index >= 15 is 0 Å². The molecule has 0 unspecified atom stereocenters. The summed E-state index contributed by atoms with van der Waals surface area (Å²) in [4.78, 5) is 0. The summed E-state index contributed by atoms with van der Waals surface area (Å²) in [5, 5.41) is 8.20. The minimum Gasteiger partial charge on any atom is -0.396 e. The van der Waals surface area contributed by atoms with Crippen LogP contribution in [0.5, 0.6) is 0 Å². The Hall–Kier alpha value is 0.700. The molecular weight excluding hydrogens is 273 g/mol. The quantitative estimate of drug-likeness (QED) is 0.609. The largest absolute Gasteiger partial charge is 0.396 e. The number of unbranched alkanes of at least 4 members (excludes halogenated alkanes) is 2. The van der Waals surface area contributed by atoms with Crippen LogP contribution in [-0.4, -0.2) is 11.7 Å². The van der Waals surface area contributed by atoms with Crippen LogP contribution in [-0.2, 0) is 22.4 Å². The van der Waals surface area contributed by atoms with Gasteiger partial charge in [-0.3, -0.25) is 0 Å². The predicted octanol–water partition coefficient (Wildman–Crippen LogP) is 1.17. The molecule has 0 aliphatic heterocycles. The summed E-state index contributed by atoms with van der Waals surface area (Å²) in [6, 6.07) is 0.